The lowest BCUT2D eigenvalue weighted by molar-refractivity contribution is -0.116. The SMILES string of the molecule is COc1ccc(S(=O)(=O)N(C)C)cc1NC(=O)C[C@H](C)c1ccccc1. The second kappa shape index (κ2) is 8.33. The number of sulfonamides is 1. The van der Waals surface area contributed by atoms with Gasteiger partial charge in [0.1, 0.15) is 5.75 Å². The molecule has 0 spiro atoms. The quantitative estimate of drug-likeness (QED) is 0.806. The normalized spacial score (nSPS) is 12.7. The maximum atomic E-state index is 12.4. The first-order valence-corrected chi connectivity index (χ1v) is 9.65. The van der Waals surface area contributed by atoms with Crippen molar-refractivity contribution in [2.24, 2.45) is 0 Å². The van der Waals surface area contributed by atoms with Gasteiger partial charge in [0.05, 0.1) is 17.7 Å². The van der Waals surface area contributed by atoms with E-state index in [1.165, 1.54) is 39.4 Å². The lowest BCUT2D eigenvalue weighted by atomic mass is 9.97. The van der Waals surface area contributed by atoms with E-state index in [-0.39, 0.29) is 23.1 Å². The van der Waals surface area contributed by atoms with Crippen LogP contribution in [-0.2, 0) is 14.8 Å². The lowest BCUT2D eigenvalue weighted by Gasteiger charge is -2.16. The number of carbonyl (C=O) groups excluding carboxylic acids is 1. The van der Waals surface area contributed by atoms with Crippen molar-refractivity contribution < 1.29 is 17.9 Å². The number of carbonyl (C=O) groups is 1. The van der Waals surface area contributed by atoms with Gasteiger partial charge in [0.2, 0.25) is 15.9 Å². The Morgan fingerprint density at radius 2 is 1.81 bits per heavy atom. The Bertz CT molecular complexity index is 864. The highest BCUT2D eigenvalue weighted by atomic mass is 32.2. The summed E-state index contributed by atoms with van der Waals surface area (Å²) >= 11 is 0. The number of hydrogen-bond donors (Lipinski definition) is 1. The maximum Gasteiger partial charge on any atom is 0.242 e. The summed E-state index contributed by atoms with van der Waals surface area (Å²) < 4.78 is 31.0. The zero-order valence-corrected chi connectivity index (χ0v) is 16.2. The van der Waals surface area contributed by atoms with Gasteiger partial charge in [-0.3, -0.25) is 4.79 Å². The standard InChI is InChI=1S/C19H24N2O4S/c1-14(15-8-6-5-7-9-15)12-19(22)20-17-13-16(10-11-18(17)25-4)26(23,24)21(2)3/h5-11,13-14H,12H2,1-4H3,(H,20,22)/t14-/m0/s1. The van der Waals surface area contributed by atoms with E-state index in [2.05, 4.69) is 5.32 Å². The number of nitrogens with zero attached hydrogens (tertiary/aromatic N) is 1. The average molecular weight is 376 g/mol. The molecule has 0 radical (unpaired) electrons. The Morgan fingerprint density at radius 1 is 1.15 bits per heavy atom. The van der Waals surface area contributed by atoms with Gasteiger partial charge < -0.3 is 10.1 Å². The van der Waals surface area contributed by atoms with Crippen LogP contribution in [0.3, 0.4) is 0 Å². The summed E-state index contributed by atoms with van der Waals surface area (Å²) in [5.74, 6) is 0.235. The van der Waals surface area contributed by atoms with Gasteiger partial charge >= 0.3 is 0 Å². The maximum absolute atomic E-state index is 12.4. The smallest absolute Gasteiger partial charge is 0.242 e. The van der Waals surface area contributed by atoms with Crippen LogP contribution in [0.25, 0.3) is 0 Å². The molecule has 2 rings (SSSR count). The Morgan fingerprint density at radius 3 is 2.38 bits per heavy atom. The van der Waals surface area contributed by atoms with Crippen molar-refractivity contribution in [2.45, 2.75) is 24.2 Å². The van der Waals surface area contributed by atoms with Crippen molar-refractivity contribution in [1.29, 1.82) is 0 Å². The third-order valence-corrected chi connectivity index (χ3v) is 5.89. The summed E-state index contributed by atoms with van der Waals surface area (Å²) in [5, 5.41) is 2.77. The fourth-order valence-electron chi connectivity index (χ4n) is 2.53. The molecule has 7 heteroatoms. The van der Waals surface area contributed by atoms with Crippen LogP contribution in [0.15, 0.2) is 53.4 Å². The van der Waals surface area contributed by atoms with Crippen LogP contribution < -0.4 is 10.1 Å². The molecule has 0 saturated heterocycles. The number of anilines is 1. The van der Waals surface area contributed by atoms with Gasteiger partial charge in [-0.1, -0.05) is 37.3 Å². The molecule has 1 N–H and O–H groups in total. The van der Waals surface area contributed by atoms with Crippen molar-refractivity contribution in [3.05, 3.63) is 54.1 Å². The molecule has 0 aliphatic heterocycles. The van der Waals surface area contributed by atoms with Crippen LogP contribution in [0.4, 0.5) is 5.69 Å². The molecule has 0 heterocycles. The number of rotatable bonds is 7. The highest BCUT2D eigenvalue weighted by molar-refractivity contribution is 7.89. The van der Waals surface area contributed by atoms with Crippen LogP contribution in [0, 0.1) is 0 Å². The summed E-state index contributed by atoms with van der Waals surface area (Å²) in [7, 11) is 0.786. The van der Waals surface area contributed by atoms with Crippen LogP contribution in [-0.4, -0.2) is 39.8 Å². The number of methoxy groups -OCH3 is 1. The summed E-state index contributed by atoms with van der Waals surface area (Å²) in [5.41, 5.74) is 1.40. The lowest BCUT2D eigenvalue weighted by Crippen LogP contribution is -2.22. The monoisotopic (exact) mass is 376 g/mol. The predicted molar refractivity (Wildman–Crippen MR) is 102 cm³/mol. The van der Waals surface area contributed by atoms with E-state index in [1.807, 2.05) is 37.3 Å². The van der Waals surface area contributed by atoms with Crippen LogP contribution in [0.2, 0.25) is 0 Å². The topological polar surface area (TPSA) is 75.7 Å². The molecule has 0 saturated carbocycles. The highest BCUT2D eigenvalue weighted by Crippen LogP contribution is 2.29. The van der Waals surface area contributed by atoms with Gasteiger partial charge in [0.15, 0.2) is 0 Å². The van der Waals surface area contributed by atoms with Crippen molar-refractivity contribution in [3.8, 4) is 5.75 Å². The second-order valence-electron chi connectivity index (χ2n) is 6.21. The van der Waals surface area contributed by atoms with Gasteiger partial charge in [0, 0.05) is 20.5 Å². The zero-order chi connectivity index (χ0) is 19.3. The Kier molecular flexibility index (Phi) is 6.39. The predicted octanol–water partition coefficient (Wildman–Crippen LogP) is 3.08. The van der Waals surface area contributed by atoms with Crippen molar-refractivity contribution in [1.82, 2.24) is 4.31 Å². The van der Waals surface area contributed by atoms with E-state index >= 15 is 0 Å². The zero-order valence-electron chi connectivity index (χ0n) is 15.4. The molecule has 6 nitrogen and oxygen atoms in total. The summed E-state index contributed by atoms with van der Waals surface area (Å²) in [6.45, 7) is 1.97. The van der Waals surface area contributed by atoms with Gasteiger partial charge in [-0.2, -0.15) is 0 Å². The Labute approximate surface area is 154 Å². The molecule has 2 aromatic carbocycles. The molecular formula is C19H24N2O4S. The molecule has 1 amide bonds. The van der Waals surface area contributed by atoms with Gasteiger partial charge in [-0.05, 0) is 29.7 Å². The van der Waals surface area contributed by atoms with Crippen molar-refractivity contribution in [3.63, 3.8) is 0 Å². The number of amides is 1. The fourth-order valence-corrected chi connectivity index (χ4v) is 3.46. The minimum Gasteiger partial charge on any atom is -0.495 e. The number of nitrogens with one attached hydrogen (secondary N) is 1. The minimum absolute atomic E-state index is 0.0379. The third kappa shape index (κ3) is 4.62. The molecule has 1 atom stereocenters. The number of hydrogen-bond acceptors (Lipinski definition) is 4. The molecule has 26 heavy (non-hydrogen) atoms. The van der Waals surface area contributed by atoms with Crippen LogP contribution in [0.5, 0.6) is 5.75 Å². The molecule has 0 bridgehead atoms. The van der Waals surface area contributed by atoms with Crippen molar-refractivity contribution in [2.75, 3.05) is 26.5 Å². The second-order valence-corrected chi connectivity index (χ2v) is 8.37. The van der Waals surface area contributed by atoms with E-state index in [0.29, 0.717) is 11.4 Å². The number of benzene rings is 2. The van der Waals surface area contributed by atoms with Gasteiger partial charge in [-0.15, -0.1) is 0 Å². The van der Waals surface area contributed by atoms with Gasteiger partial charge in [0.25, 0.3) is 0 Å². The third-order valence-electron chi connectivity index (χ3n) is 4.08. The van der Waals surface area contributed by atoms with E-state index < -0.39 is 10.0 Å². The first-order chi connectivity index (χ1) is 12.3. The molecular weight excluding hydrogens is 352 g/mol. The Balaban J connectivity index is 2.21. The Hall–Kier alpha value is -2.38. The highest BCUT2D eigenvalue weighted by Gasteiger charge is 2.20. The van der Waals surface area contributed by atoms with E-state index in [4.69, 9.17) is 4.74 Å². The molecule has 140 valence electrons. The summed E-state index contributed by atoms with van der Waals surface area (Å²) in [6.07, 6.45) is 0.276. The van der Waals surface area contributed by atoms with Crippen molar-refractivity contribution >= 4 is 21.6 Å². The molecule has 0 unspecified atom stereocenters. The first kappa shape index (κ1) is 19.9. The largest absolute Gasteiger partial charge is 0.495 e. The summed E-state index contributed by atoms with van der Waals surface area (Å²) in [6, 6.07) is 14.1. The van der Waals surface area contributed by atoms with Gasteiger partial charge in [-0.25, -0.2) is 12.7 Å². The first-order valence-electron chi connectivity index (χ1n) is 8.21. The molecule has 2 aromatic rings. The van der Waals surface area contributed by atoms with E-state index in [9.17, 15) is 13.2 Å². The molecule has 0 aromatic heterocycles. The summed E-state index contributed by atoms with van der Waals surface area (Å²) in [4.78, 5) is 12.5. The average Bonchev–Trinajstić information content (AvgIpc) is 2.62. The molecule has 0 fully saturated rings. The van der Waals surface area contributed by atoms with Crippen LogP contribution >= 0.6 is 0 Å². The van der Waals surface area contributed by atoms with E-state index in [0.717, 1.165) is 9.87 Å². The van der Waals surface area contributed by atoms with Crippen LogP contribution in [0.1, 0.15) is 24.8 Å². The number of ether oxygens (including phenoxy) is 1. The van der Waals surface area contributed by atoms with E-state index in [1.54, 1.807) is 0 Å². The minimum atomic E-state index is -3.60. The fraction of sp³-hybridized carbons (Fsp3) is 0.316. The molecule has 0 aliphatic rings. The molecule has 0 aliphatic carbocycles.